The van der Waals surface area contributed by atoms with E-state index in [4.69, 9.17) is 69.6 Å². The Labute approximate surface area is 286 Å². The Morgan fingerprint density at radius 2 is 1.02 bits per heavy atom. The fourth-order valence-electron chi connectivity index (χ4n) is 4.79. The van der Waals surface area contributed by atoms with Crippen LogP contribution in [0.4, 0.5) is 0 Å². The molecule has 6 rings (SSSR count). The van der Waals surface area contributed by atoms with E-state index in [-0.39, 0.29) is 11.1 Å². The maximum atomic E-state index is 12.4. The van der Waals surface area contributed by atoms with Crippen LogP contribution in [0, 0.1) is 6.92 Å². The summed E-state index contributed by atoms with van der Waals surface area (Å²) in [7, 11) is 0. The number of halogens is 6. The van der Waals surface area contributed by atoms with Crippen LogP contribution in [0.15, 0.2) is 33.9 Å². The van der Waals surface area contributed by atoms with Crippen molar-refractivity contribution in [1.29, 1.82) is 0 Å². The fourth-order valence-corrected chi connectivity index (χ4v) is 6.74. The van der Waals surface area contributed by atoms with E-state index in [0.29, 0.717) is 106 Å². The van der Waals surface area contributed by atoms with Crippen molar-refractivity contribution in [1.82, 2.24) is 39.5 Å². The smallest absolute Gasteiger partial charge is 0.262 e. The van der Waals surface area contributed by atoms with Crippen LogP contribution in [-0.4, -0.2) is 39.5 Å². The number of hydrogen-bond donors (Lipinski definition) is 2. The summed E-state index contributed by atoms with van der Waals surface area (Å²) in [5.74, 6) is 1.06. The Bertz CT molecular complexity index is 2170. The molecule has 0 spiro atoms. The van der Waals surface area contributed by atoms with Crippen LogP contribution in [0.5, 0.6) is 0 Å². The quantitative estimate of drug-likeness (QED) is 0.185. The summed E-state index contributed by atoms with van der Waals surface area (Å²) in [6, 6.07) is 6.31. The molecule has 0 fully saturated rings. The Morgan fingerprint density at radius 3 is 1.42 bits per heavy atom. The van der Waals surface area contributed by atoms with Gasteiger partial charge in [-0.3, -0.25) is 9.59 Å². The van der Waals surface area contributed by atoms with Crippen molar-refractivity contribution in [3.8, 4) is 11.4 Å². The van der Waals surface area contributed by atoms with Gasteiger partial charge in [0.1, 0.15) is 33.8 Å². The first-order valence-electron chi connectivity index (χ1n) is 13.7. The highest BCUT2D eigenvalue weighted by molar-refractivity contribution is 6.41. The van der Waals surface area contributed by atoms with Crippen molar-refractivity contribution in [2.45, 2.75) is 47.0 Å². The first-order chi connectivity index (χ1) is 21.4. The summed E-state index contributed by atoms with van der Waals surface area (Å²) in [5, 5.41) is 12.0. The van der Waals surface area contributed by atoms with Gasteiger partial charge in [0, 0.05) is 16.5 Å². The number of aromatic amines is 2. The standard InChI is InChI=1S/C15H13Cl3N4O.C14H11Cl3N4O/c1-3-10-12-14(19-11(4-2)20-15(12)23)22(21-10)13-8(17)5-7(16)6-9(13)18;1-3-10-11-13(18-6(2)19-14(11)22)21(20-10)12-8(16)4-7(15)5-9(12)17/h5-6H,3-4H2,1-2H3,(H,19,20,23);4-5H,3H2,1-2H3,(H,18,19,22). The Balaban J connectivity index is 0.000000178. The van der Waals surface area contributed by atoms with E-state index in [1.165, 1.54) is 9.36 Å². The second kappa shape index (κ2) is 13.3. The van der Waals surface area contributed by atoms with Crippen LogP contribution < -0.4 is 11.1 Å². The van der Waals surface area contributed by atoms with E-state index >= 15 is 0 Å². The van der Waals surface area contributed by atoms with Crippen LogP contribution in [0.1, 0.15) is 43.8 Å². The molecule has 0 saturated heterocycles. The first-order valence-corrected chi connectivity index (χ1v) is 15.9. The highest BCUT2D eigenvalue weighted by Gasteiger charge is 2.21. The molecule has 0 aliphatic carbocycles. The minimum absolute atomic E-state index is 0.212. The summed E-state index contributed by atoms with van der Waals surface area (Å²) in [4.78, 5) is 38.9. The number of aromatic nitrogens is 8. The molecular weight excluding hydrogens is 705 g/mol. The number of H-pyrrole nitrogens is 2. The molecule has 4 aromatic heterocycles. The maximum absolute atomic E-state index is 12.4. The molecule has 0 unspecified atom stereocenters. The molecule has 2 aromatic carbocycles. The second-order valence-electron chi connectivity index (χ2n) is 9.77. The summed E-state index contributed by atoms with van der Waals surface area (Å²) < 4.78 is 3.01. The van der Waals surface area contributed by atoms with Gasteiger partial charge in [-0.25, -0.2) is 19.3 Å². The zero-order chi connectivity index (χ0) is 32.7. The molecule has 0 radical (unpaired) electrons. The van der Waals surface area contributed by atoms with Crippen LogP contribution >= 0.6 is 69.6 Å². The van der Waals surface area contributed by atoms with Crippen LogP contribution in [0.2, 0.25) is 30.1 Å². The number of hydrogen-bond acceptors (Lipinski definition) is 6. The van der Waals surface area contributed by atoms with Crippen molar-refractivity contribution < 1.29 is 0 Å². The monoisotopic (exact) mass is 726 g/mol. The fraction of sp³-hybridized carbons (Fsp3) is 0.241. The van der Waals surface area contributed by atoms with Crippen LogP contribution in [0.25, 0.3) is 33.4 Å². The third kappa shape index (κ3) is 6.32. The SMILES string of the molecule is CCc1nc2c(c(CC)nn2-c2c(Cl)cc(Cl)cc2Cl)c(=O)[nH]1.CCc1nn(-c2c(Cl)cc(Cl)cc2Cl)c2nc(C)[nH]c(=O)c12. The van der Waals surface area contributed by atoms with Gasteiger partial charge >= 0.3 is 0 Å². The number of rotatable bonds is 5. The van der Waals surface area contributed by atoms with Crippen LogP contribution in [-0.2, 0) is 19.3 Å². The molecule has 0 amide bonds. The molecular formula is C29H24Cl6N8O2. The van der Waals surface area contributed by atoms with Gasteiger partial charge < -0.3 is 9.97 Å². The Hall–Kier alpha value is -3.12. The van der Waals surface area contributed by atoms with Gasteiger partial charge in [0.05, 0.1) is 31.5 Å². The summed E-state index contributed by atoms with van der Waals surface area (Å²) in [6.45, 7) is 7.45. The Morgan fingerprint density at radius 1 is 0.622 bits per heavy atom. The van der Waals surface area contributed by atoms with Gasteiger partial charge in [0.15, 0.2) is 11.3 Å². The van der Waals surface area contributed by atoms with Gasteiger partial charge in [-0.2, -0.15) is 10.2 Å². The predicted molar refractivity (Wildman–Crippen MR) is 182 cm³/mol. The van der Waals surface area contributed by atoms with Crippen molar-refractivity contribution in [3.63, 3.8) is 0 Å². The molecule has 6 aromatic rings. The van der Waals surface area contributed by atoms with Crippen molar-refractivity contribution >= 4 is 91.7 Å². The third-order valence-corrected chi connectivity index (χ3v) is 8.37. The lowest BCUT2D eigenvalue weighted by molar-refractivity contribution is 0.846. The van der Waals surface area contributed by atoms with E-state index in [9.17, 15) is 9.59 Å². The Kier molecular flexibility index (Phi) is 9.84. The van der Waals surface area contributed by atoms with Gasteiger partial charge in [-0.15, -0.1) is 0 Å². The topological polar surface area (TPSA) is 127 Å². The van der Waals surface area contributed by atoms with E-state index in [2.05, 4.69) is 30.1 Å². The van der Waals surface area contributed by atoms with E-state index in [1.807, 2.05) is 20.8 Å². The molecule has 2 N–H and O–H groups in total. The summed E-state index contributed by atoms with van der Waals surface area (Å²) in [6.07, 6.45) is 1.77. The third-order valence-electron chi connectivity index (χ3n) is 6.78. The van der Waals surface area contributed by atoms with Crippen molar-refractivity contribution in [2.75, 3.05) is 0 Å². The highest BCUT2D eigenvalue weighted by atomic mass is 35.5. The number of fused-ring (bicyclic) bond motifs is 2. The molecule has 0 aliphatic heterocycles. The second-order valence-corrected chi connectivity index (χ2v) is 12.3. The minimum Gasteiger partial charge on any atom is -0.310 e. The largest absolute Gasteiger partial charge is 0.310 e. The molecule has 0 bridgehead atoms. The molecule has 0 atom stereocenters. The lowest BCUT2D eigenvalue weighted by Crippen LogP contribution is -2.12. The molecule has 16 heteroatoms. The average molecular weight is 729 g/mol. The highest BCUT2D eigenvalue weighted by Crippen LogP contribution is 2.35. The van der Waals surface area contributed by atoms with E-state index in [1.54, 1.807) is 31.2 Å². The summed E-state index contributed by atoms with van der Waals surface area (Å²) >= 11 is 37.0. The van der Waals surface area contributed by atoms with Gasteiger partial charge in [-0.1, -0.05) is 90.4 Å². The number of benzene rings is 2. The molecule has 10 nitrogen and oxygen atoms in total. The average Bonchev–Trinajstić information content (AvgIpc) is 3.51. The van der Waals surface area contributed by atoms with Crippen molar-refractivity contribution in [3.05, 3.63) is 98.1 Å². The molecule has 0 saturated carbocycles. The number of aryl methyl sites for hydroxylation is 4. The summed E-state index contributed by atoms with van der Waals surface area (Å²) in [5.41, 5.74) is 2.60. The molecule has 234 valence electrons. The van der Waals surface area contributed by atoms with Gasteiger partial charge in [0.2, 0.25) is 0 Å². The minimum atomic E-state index is -0.230. The van der Waals surface area contributed by atoms with E-state index in [0.717, 1.165) is 0 Å². The number of nitrogens with one attached hydrogen (secondary N) is 2. The zero-order valence-electron chi connectivity index (χ0n) is 24.2. The molecule has 45 heavy (non-hydrogen) atoms. The zero-order valence-corrected chi connectivity index (χ0v) is 28.7. The number of nitrogens with zero attached hydrogens (tertiary/aromatic N) is 6. The lowest BCUT2D eigenvalue weighted by Gasteiger charge is -2.09. The predicted octanol–water partition coefficient (Wildman–Crippen LogP) is 8.13. The van der Waals surface area contributed by atoms with E-state index < -0.39 is 0 Å². The maximum Gasteiger partial charge on any atom is 0.262 e. The normalized spacial score (nSPS) is 11.3. The van der Waals surface area contributed by atoms with Crippen LogP contribution in [0.3, 0.4) is 0 Å². The molecule has 0 aliphatic rings. The van der Waals surface area contributed by atoms with Crippen molar-refractivity contribution in [2.24, 2.45) is 0 Å². The van der Waals surface area contributed by atoms with Gasteiger partial charge in [0.25, 0.3) is 11.1 Å². The molecule has 4 heterocycles. The lowest BCUT2D eigenvalue weighted by atomic mass is 10.2. The first kappa shape index (κ1) is 33.2. The van der Waals surface area contributed by atoms with Gasteiger partial charge in [-0.05, 0) is 44.0 Å².